The summed E-state index contributed by atoms with van der Waals surface area (Å²) in [5.74, 6) is 1.29. The van der Waals surface area contributed by atoms with Crippen LogP contribution in [0.25, 0.3) is 16.8 Å². The Balaban J connectivity index is 1.59. The van der Waals surface area contributed by atoms with Crippen molar-refractivity contribution in [3.8, 4) is 28.5 Å². The molecule has 196 valence electrons. The van der Waals surface area contributed by atoms with Gasteiger partial charge in [-0.1, -0.05) is 0 Å². The molecule has 5 rings (SSSR count). The minimum absolute atomic E-state index is 0.106. The SMILES string of the molecule is COCCO[C@@H]1C/C2=C\Oc3nc4c(cnn4cc3OC(C)C)-c3cc(cc(OC)c3)NCCN2C1=O. The Morgan fingerprint density at radius 1 is 1.22 bits per heavy atom. The van der Waals surface area contributed by atoms with Crippen molar-refractivity contribution in [3.05, 3.63) is 42.6 Å². The van der Waals surface area contributed by atoms with Gasteiger partial charge in [-0.3, -0.25) is 4.79 Å². The van der Waals surface area contributed by atoms with Crippen LogP contribution in [0.3, 0.4) is 0 Å². The quantitative estimate of drug-likeness (QED) is 0.481. The molecule has 1 saturated heterocycles. The molecule has 2 aromatic heterocycles. The molecule has 1 amide bonds. The van der Waals surface area contributed by atoms with E-state index in [9.17, 15) is 4.79 Å². The van der Waals surface area contributed by atoms with Crippen molar-refractivity contribution in [2.45, 2.75) is 32.5 Å². The summed E-state index contributed by atoms with van der Waals surface area (Å²) in [6.07, 6.45) is 4.74. The monoisotopic (exact) mass is 509 g/mol. The highest BCUT2D eigenvalue weighted by molar-refractivity contribution is 5.86. The predicted molar refractivity (Wildman–Crippen MR) is 136 cm³/mol. The second-order valence-electron chi connectivity index (χ2n) is 9.05. The molecule has 0 radical (unpaired) electrons. The van der Waals surface area contributed by atoms with Crippen molar-refractivity contribution in [1.29, 1.82) is 0 Å². The van der Waals surface area contributed by atoms with E-state index in [0.717, 1.165) is 16.8 Å². The van der Waals surface area contributed by atoms with Gasteiger partial charge in [0.15, 0.2) is 5.65 Å². The van der Waals surface area contributed by atoms with E-state index >= 15 is 0 Å². The molecule has 1 atom stereocenters. The lowest BCUT2D eigenvalue weighted by Crippen LogP contribution is -2.34. The van der Waals surface area contributed by atoms with E-state index in [1.165, 1.54) is 0 Å². The van der Waals surface area contributed by atoms with Crippen molar-refractivity contribution in [3.63, 3.8) is 0 Å². The Hall–Kier alpha value is -3.83. The maximum absolute atomic E-state index is 13.2. The second-order valence-corrected chi connectivity index (χ2v) is 9.05. The zero-order valence-corrected chi connectivity index (χ0v) is 21.4. The van der Waals surface area contributed by atoms with Gasteiger partial charge in [-0.05, 0) is 31.5 Å². The number of amides is 1. The van der Waals surface area contributed by atoms with Crippen LogP contribution >= 0.6 is 0 Å². The molecule has 0 spiro atoms. The molecule has 1 N–H and O–H groups in total. The van der Waals surface area contributed by atoms with E-state index < -0.39 is 6.10 Å². The number of nitrogens with one attached hydrogen (secondary N) is 1. The summed E-state index contributed by atoms with van der Waals surface area (Å²) >= 11 is 0. The zero-order chi connectivity index (χ0) is 25.9. The van der Waals surface area contributed by atoms with Gasteiger partial charge in [0, 0.05) is 43.9 Å². The number of aromatic nitrogens is 3. The van der Waals surface area contributed by atoms with Crippen LogP contribution in [0, 0.1) is 0 Å². The van der Waals surface area contributed by atoms with Gasteiger partial charge < -0.3 is 33.9 Å². The number of methoxy groups -OCH3 is 2. The summed E-state index contributed by atoms with van der Waals surface area (Å²) in [4.78, 5) is 19.6. The summed E-state index contributed by atoms with van der Waals surface area (Å²) in [6.45, 7) is 5.52. The lowest BCUT2D eigenvalue weighted by molar-refractivity contribution is -0.137. The predicted octanol–water partition coefficient (Wildman–Crippen LogP) is 3.10. The number of carbonyl (C=O) groups is 1. The third-order valence-corrected chi connectivity index (χ3v) is 6.10. The van der Waals surface area contributed by atoms with E-state index in [1.54, 1.807) is 42.3 Å². The Morgan fingerprint density at radius 2 is 2.08 bits per heavy atom. The highest BCUT2D eigenvalue weighted by Crippen LogP contribution is 2.35. The maximum Gasteiger partial charge on any atom is 0.265 e. The lowest BCUT2D eigenvalue weighted by atomic mass is 10.1. The number of rotatable bonds is 7. The third kappa shape index (κ3) is 5.18. The number of carbonyl (C=O) groups excluding carboxylic acids is 1. The summed E-state index contributed by atoms with van der Waals surface area (Å²) in [6, 6.07) is 5.85. The summed E-state index contributed by atoms with van der Waals surface area (Å²) in [7, 11) is 3.22. The van der Waals surface area contributed by atoms with Crippen LogP contribution in [0.1, 0.15) is 20.3 Å². The minimum Gasteiger partial charge on any atom is -0.497 e. The highest BCUT2D eigenvalue weighted by atomic mass is 16.5. The first-order valence-corrected chi connectivity index (χ1v) is 12.2. The topological polar surface area (TPSA) is 109 Å². The molecule has 2 aliphatic heterocycles. The molecule has 4 bridgehead atoms. The van der Waals surface area contributed by atoms with Crippen LogP contribution in [0.2, 0.25) is 0 Å². The Morgan fingerprint density at radius 3 is 2.86 bits per heavy atom. The number of nitrogens with zero attached hydrogens (tertiary/aromatic N) is 4. The molecule has 37 heavy (non-hydrogen) atoms. The molecule has 1 aromatic carbocycles. The molecule has 11 heteroatoms. The van der Waals surface area contributed by atoms with Crippen LogP contribution < -0.4 is 19.5 Å². The Bertz CT molecular complexity index is 1320. The van der Waals surface area contributed by atoms with Crippen molar-refractivity contribution in [2.75, 3.05) is 45.8 Å². The van der Waals surface area contributed by atoms with Crippen molar-refractivity contribution in [2.24, 2.45) is 0 Å². The molecule has 4 heterocycles. The zero-order valence-electron chi connectivity index (χ0n) is 21.4. The number of anilines is 1. The minimum atomic E-state index is -0.604. The van der Waals surface area contributed by atoms with Crippen LogP contribution in [0.5, 0.6) is 17.4 Å². The molecule has 0 aliphatic carbocycles. The summed E-state index contributed by atoms with van der Waals surface area (Å²) < 4.78 is 30.1. The van der Waals surface area contributed by atoms with Crippen molar-refractivity contribution >= 4 is 17.2 Å². The first kappa shape index (κ1) is 24.8. The summed E-state index contributed by atoms with van der Waals surface area (Å²) in [5.41, 5.74) is 3.85. The number of hydrogen-bond donors (Lipinski definition) is 1. The van der Waals surface area contributed by atoms with Crippen molar-refractivity contribution in [1.82, 2.24) is 19.5 Å². The fraction of sp³-hybridized carbons (Fsp3) is 0.423. The average molecular weight is 510 g/mol. The molecule has 3 aromatic rings. The fourth-order valence-electron chi connectivity index (χ4n) is 4.38. The number of benzene rings is 1. The first-order valence-electron chi connectivity index (χ1n) is 12.2. The van der Waals surface area contributed by atoms with Gasteiger partial charge in [-0.15, -0.1) is 0 Å². The third-order valence-electron chi connectivity index (χ3n) is 6.10. The highest BCUT2D eigenvalue weighted by Gasteiger charge is 2.36. The number of ether oxygens (including phenoxy) is 5. The largest absolute Gasteiger partial charge is 0.497 e. The molecule has 2 aliphatic rings. The van der Waals surface area contributed by atoms with Gasteiger partial charge in [0.1, 0.15) is 18.1 Å². The van der Waals surface area contributed by atoms with Crippen molar-refractivity contribution < 1.29 is 28.5 Å². The average Bonchev–Trinajstić information content (AvgIpc) is 3.42. The van der Waals surface area contributed by atoms with Gasteiger partial charge in [0.25, 0.3) is 11.8 Å². The van der Waals surface area contributed by atoms with E-state index in [0.29, 0.717) is 55.6 Å². The number of fused-ring (bicyclic) bond motifs is 5. The molecule has 1 fully saturated rings. The number of hydrogen-bond acceptors (Lipinski definition) is 9. The molecular weight excluding hydrogens is 478 g/mol. The van der Waals surface area contributed by atoms with Gasteiger partial charge in [0.2, 0.25) is 5.75 Å². The lowest BCUT2D eigenvalue weighted by Gasteiger charge is -2.20. The van der Waals surface area contributed by atoms with Crippen LogP contribution in [0.15, 0.2) is 42.6 Å². The molecular formula is C26H31N5O6. The van der Waals surface area contributed by atoms with Crippen LogP contribution in [-0.4, -0.2) is 78.1 Å². The Kier molecular flexibility index (Phi) is 7.15. The second kappa shape index (κ2) is 10.7. The van der Waals surface area contributed by atoms with E-state index in [4.69, 9.17) is 28.7 Å². The Labute approximate surface area is 214 Å². The van der Waals surface area contributed by atoms with Crippen LogP contribution in [0.4, 0.5) is 5.69 Å². The van der Waals surface area contributed by atoms with E-state index in [2.05, 4.69) is 10.4 Å². The fourth-order valence-corrected chi connectivity index (χ4v) is 4.38. The van der Waals surface area contributed by atoms with Gasteiger partial charge in [0.05, 0.1) is 44.5 Å². The standard InChI is InChI=1S/C26H31N5O6/c1-16(2)37-23-14-31-24-21(13-28-31)17-9-18(11-20(10-17)34-4)27-5-6-30-19(15-36-25(23)29-24)12-22(26(30)32)35-8-7-33-3/h9-11,13-16,22,27H,5-8,12H2,1-4H3/b19-15+/t22-/m1/s1. The first-order chi connectivity index (χ1) is 18.0. The maximum atomic E-state index is 13.2. The van der Waals surface area contributed by atoms with E-state index in [-0.39, 0.29) is 17.9 Å². The van der Waals surface area contributed by atoms with Crippen LogP contribution in [-0.2, 0) is 14.3 Å². The van der Waals surface area contributed by atoms with Gasteiger partial charge in [-0.25, -0.2) is 4.52 Å². The molecule has 11 nitrogen and oxygen atoms in total. The smallest absolute Gasteiger partial charge is 0.265 e. The van der Waals surface area contributed by atoms with Gasteiger partial charge >= 0.3 is 0 Å². The molecule has 0 saturated carbocycles. The van der Waals surface area contributed by atoms with Gasteiger partial charge in [-0.2, -0.15) is 10.1 Å². The molecule has 0 unspecified atom stereocenters. The van der Waals surface area contributed by atoms with E-state index in [1.807, 2.05) is 32.0 Å². The normalized spacial score (nSPS) is 18.7. The summed E-state index contributed by atoms with van der Waals surface area (Å²) in [5, 5.41) is 7.90.